The summed E-state index contributed by atoms with van der Waals surface area (Å²) < 4.78 is 0. The Morgan fingerprint density at radius 2 is 1.88 bits per heavy atom. The van der Waals surface area contributed by atoms with E-state index in [1.54, 1.807) is 0 Å². The maximum Gasteiger partial charge on any atom is 0.244 e. The number of hydrogen-bond acceptors (Lipinski definition) is 4. The van der Waals surface area contributed by atoms with Gasteiger partial charge in [-0.15, -0.1) is 24.8 Å². The number of hydrogen-bond donors (Lipinski definition) is 1. The van der Waals surface area contributed by atoms with Crippen LogP contribution in [0.5, 0.6) is 0 Å². The highest BCUT2D eigenvalue weighted by molar-refractivity contribution is 7.99. The predicted octanol–water partition coefficient (Wildman–Crippen LogP) is 3.08. The molecule has 0 bridgehead atoms. The van der Waals surface area contributed by atoms with Crippen molar-refractivity contribution in [1.29, 1.82) is 0 Å². The molecule has 0 aliphatic carbocycles. The van der Waals surface area contributed by atoms with E-state index < -0.39 is 0 Å². The number of amides is 1. The number of nitrogens with one attached hydrogen (secondary N) is 1. The zero-order chi connectivity index (χ0) is 16.8. The number of carbonyl (C=O) groups is 1. The Morgan fingerprint density at radius 3 is 2.54 bits per heavy atom. The van der Waals surface area contributed by atoms with Gasteiger partial charge in [0.2, 0.25) is 5.91 Å². The minimum absolute atomic E-state index is 0. The third-order valence-electron chi connectivity index (χ3n) is 5.08. The molecular formula is C19H31Cl2N3OS. The van der Waals surface area contributed by atoms with E-state index in [1.807, 2.05) is 37.0 Å². The first kappa shape index (κ1) is 23.6. The Labute approximate surface area is 174 Å². The van der Waals surface area contributed by atoms with Crippen molar-refractivity contribution in [2.75, 3.05) is 51.3 Å². The van der Waals surface area contributed by atoms with Crippen LogP contribution in [0.1, 0.15) is 24.4 Å². The number of thioether (sulfide) groups is 1. The van der Waals surface area contributed by atoms with Crippen molar-refractivity contribution in [3.8, 4) is 0 Å². The van der Waals surface area contributed by atoms with Crippen LogP contribution >= 0.6 is 36.6 Å². The van der Waals surface area contributed by atoms with Gasteiger partial charge in [0.25, 0.3) is 0 Å². The van der Waals surface area contributed by atoms with Gasteiger partial charge in [-0.25, -0.2) is 0 Å². The zero-order valence-electron chi connectivity index (χ0n) is 15.4. The lowest BCUT2D eigenvalue weighted by molar-refractivity contribution is -0.139. The molecule has 0 radical (unpaired) electrons. The molecule has 1 amide bonds. The quantitative estimate of drug-likeness (QED) is 0.794. The second-order valence-electron chi connectivity index (χ2n) is 6.81. The first-order valence-electron chi connectivity index (χ1n) is 9.09. The van der Waals surface area contributed by atoms with Crippen LogP contribution in [0, 0.1) is 5.92 Å². The number of carbonyl (C=O) groups excluding carboxylic acids is 1. The van der Waals surface area contributed by atoms with Gasteiger partial charge >= 0.3 is 0 Å². The summed E-state index contributed by atoms with van der Waals surface area (Å²) in [6, 6.07) is 10.2. The van der Waals surface area contributed by atoms with E-state index >= 15 is 0 Å². The first-order valence-corrected chi connectivity index (χ1v) is 10.2. The molecule has 0 spiro atoms. The third kappa shape index (κ3) is 6.03. The molecule has 3 rings (SSSR count). The van der Waals surface area contributed by atoms with E-state index in [0.717, 1.165) is 56.2 Å². The van der Waals surface area contributed by atoms with Gasteiger partial charge in [0, 0.05) is 37.7 Å². The molecule has 2 aliphatic rings. The molecule has 1 aromatic rings. The van der Waals surface area contributed by atoms with Crippen LogP contribution in [-0.2, 0) is 4.79 Å². The van der Waals surface area contributed by atoms with Gasteiger partial charge in [0.15, 0.2) is 0 Å². The molecule has 26 heavy (non-hydrogen) atoms. The SMILES string of the molecule is CNCC1CCCN(C(=O)C(c2ccccc2)N2CCSCC2)C1.Cl.Cl. The number of nitrogens with zero attached hydrogens (tertiary/aromatic N) is 2. The van der Waals surface area contributed by atoms with Gasteiger partial charge in [-0.3, -0.25) is 9.69 Å². The van der Waals surface area contributed by atoms with Crippen LogP contribution in [-0.4, -0.2) is 67.0 Å². The summed E-state index contributed by atoms with van der Waals surface area (Å²) in [6.07, 6.45) is 2.34. The summed E-state index contributed by atoms with van der Waals surface area (Å²) in [5.41, 5.74) is 1.14. The molecule has 0 aromatic heterocycles. The van der Waals surface area contributed by atoms with Crippen molar-refractivity contribution in [2.24, 2.45) is 5.92 Å². The molecule has 2 aliphatic heterocycles. The number of piperidine rings is 1. The smallest absolute Gasteiger partial charge is 0.244 e. The second kappa shape index (κ2) is 12.1. The van der Waals surface area contributed by atoms with E-state index in [0.29, 0.717) is 11.8 Å². The Morgan fingerprint density at radius 1 is 1.19 bits per heavy atom. The van der Waals surface area contributed by atoms with E-state index in [-0.39, 0.29) is 30.9 Å². The van der Waals surface area contributed by atoms with E-state index in [1.165, 1.54) is 6.42 Å². The number of halogens is 2. The summed E-state index contributed by atoms with van der Waals surface area (Å²) in [7, 11) is 2.00. The van der Waals surface area contributed by atoms with E-state index in [2.05, 4.69) is 27.2 Å². The van der Waals surface area contributed by atoms with Crippen LogP contribution in [0.25, 0.3) is 0 Å². The lowest BCUT2D eigenvalue weighted by atomic mass is 9.96. The Bertz CT molecular complexity index is 527. The topological polar surface area (TPSA) is 35.6 Å². The van der Waals surface area contributed by atoms with Crippen LogP contribution in [0.15, 0.2) is 30.3 Å². The second-order valence-corrected chi connectivity index (χ2v) is 8.04. The summed E-state index contributed by atoms with van der Waals surface area (Å²) in [5.74, 6) is 3.13. The third-order valence-corrected chi connectivity index (χ3v) is 6.03. The normalized spacial score (nSPS) is 22.0. The van der Waals surface area contributed by atoms with Crippen molar-refractivity contribution >= 4 is 42.5 Å². The van der Waals surface area contributed by atoms with E-state index in [9.17, 15) is 4.79 Å². The van der Waals surface area contributed by atoms with Crippen LogP contribution < -0.4 is 5.32 Å². The average Bonchev–Trinajstić information content (AvgIpc) is 2.64. The molecule has 148 valence electrons. The van der Waals surface area contributed by atoms with Gasteiger partial charge in [-0.05, 0) is 37.9 Å². The highest BCUT2D eigenvalue weighted by Crippen LogP contribution is 2.28. The fourth-order valence-corrected chi connectivity index (χ4v) is 4.81. The van der Waals surface area contributed by atoms with Crippen molar-refractivity contribution in [3.63, 3.8) is 0 Å². The summed E-state index contributed by atoms with van der Waals surface area (Å²) in [4.78, 5) is 17.9. The minimum Gasteiger partial charge on any atom is -0.341 e. The zero-order valence-corrected chi connectivity index (χ0v) is 17.9. The van der Waals surface area contributed by atoms with Crippen molar-refractivity contribution < 1.29 is 4.79 Å². The van der Waals surface area contributed by atoms with Crippen LogP contribution in [0.2, 0.25) is 0 Å². The first-order chi connectivity index (χ1) is 11.8. The molecule has 2 fully saturated rings. The monoisotopic (exact) mass is 419 g/mol. The number of likely N-dealkylation sites (tertiary alicyclic amines) is 1. The molecule has 2 atom stereocenters. The summed E-state index contributed by atoms with van der Waals surface area (Å²) >= 11 is 1.99. The maximum absolute atomic E-state index is 13.4. The summed E-state index contributed by atoms with van der Waals surface area (Å²) in [6.45, 7) is 4.81. The highest BCUT2D eigenvalue weighted by atomic mass is 35.5. The predicted molar refractivity (Wildman–Crippen MR) is 116 cm³/mol. The van der Waals surface area contributed by atoms with E-state index in [4.69, 9.17) is 0 Å². The van der Waals surface area contributed by atoms with Gasteiger partial charge in [0.1, 0.15) is 6.04 Å². The maximum atomic E-state index is 13.4. The van der Waals surface area contributed by atoms with Crippen molar-refractivity contribution in [3.05, 3.63) is 35.9 Å². The molecule has 2 heterocycles. The Kier molecular flexibility index (Phi) is 11.0. The standard InChI is InChI=1S/C19H29N3OS.2ClH/c1-20-14-16-6-5-9-22(15-16)19(23)18(17-7-3-2-4-8-17)21-10-12-24-13-11-21;;/h2-4,7-8,16,18,20H,5-6,9-15H2,1H3;2*1H. The van der Waals surface area contributed by atoms with Crippen molar-refractivity contribution in [2.45, 2.75) is 18.9 Å². The Hall–Kier alpha value is -0.460. The minimum atomic E-state index is -0.111. The summed E-state index contributed by atoms with van der Waals surface area (Å²) in [5, 5.41) is 3.27. The van der Waals surface area contributed by atoms with Gasteiger partial charge < -0.3 is 10.2 Å². The fourth-order valence-electron chi connectivity index (χ4n) is 3.87. The molecule has 0 saturated carbocycles. The van der Waals surface area contributed by atoms with Gasteiger partial charge in [-0.2, -0.15) is 11.8 Å². The molecule has 7 heteroatoms. The molecular weight excluding hydrogens is 389 g/mol. The molecule has 1 N–H and O–H groups in total. The Balaban J connectivity index is 0.00000169. The number of benzene rings is 1. The molecule has 1 aromatic carbocycles. The number of rotatable bonds is 5. The van der Waals surface area contributed by atoms with Crippen molar-refractivity contribution in [1.82, 2.24) is 15.1 Å². The van der Waals surface area contributed by atoms with Crippen LogP contribution in [0.4, 0.5) is 0 Å². The fraction of sp³-hybridized carbons (Fsp3) is 0.632. The largest absolute Gasteiger partial charge is 0.341 e. The van der Waals surface area contributed by atoms with Gasteiger partial charge in [0.05, 0.1) is 0 Å². The van der Waals surface area contributed by atoms with Crippen LogP contribution in [0.3, 0.4) is 0 Å². The lowest BCUT2D eigenvalue weighted by Crippen LogP contribution is -2.49. The lowest BCUT2D eigenvalue weighted by Gasteiger charge is -2.39. The molecule has 4 nitrogen and oxygen atoms in total. The highest BCUT2D eigenvalue weighted by Gasteiger charge is 2.34. The average molecular weight is 420 g/mol. The molecule has 2 saturated heterocycles. The van der Waals surface area contributed by atoms with Gasteiger partial charge in [-0.1, -0.05) is 30.3 Å². The molecule has 2 unspecified atom stereocenters.